The first-order valence-electron chi connectivity index (χ1n) is 8.31. The summed E-state index contributed by atoms with van der Waals surface area (Å²) in [5, 5.41) is 14.1. The van der Waals surface area contributed by atoms with Crippen molar-refractivity contribution in [1.82, 2.24) is 5.06 Å². The van der Waals surface area contributed by atoms with Crippen LogP contribution in [0.4, 0.5) is 17.1 Å². The number of hydrogen-bond acceptors (Lipinski definition) is 4. The second kappa shape index (κ2) is 7.57. The third kappa shape index (κ3) is 5.22. The molecule has 0 saturated carbocycles. The van der Waals surface area contributed by atoms with Crippen LogP contribution in [0, 0.1) is 5.41 Å². The average Bonchev–Trinajstić information content (AvgIpc) is 2.55. The maximum Gasteiger partial charge on any atom is 0.251 e. The lowest BCUT2D eigenvalue weighted by molar-refractivity contribution is -0.177. The number of nitrogens with zero attached hydrogens (tertiary/aromatic N) is 2. The van der Waals surface area contributed by atoms with Crippen LogP contribution in [-0.4, -0.2) is 30.3 Å². The topological polar surface area (TPSA) is 55.8 Å². The minimum Gasteiger partial charge on any atom is -0.378 e. The third-order valence-electron chi connectivity index (χ3n) is 3.83. The van der Waals surface area contributed by atoms with Gasteiger partial charge in [-0.3, -0.25) is 10.0 Å². The van der Waals surface area contributed by atoms with E-state index in [-0.39, 0.29) is 12.5 Å². The quantitative estimate of drug-likeness (QED) is 0.630. The van der Waals surface area contributed by atoms with Gasteiger partial charge in [0.15, 0.2) is 0 Å². The van der Waals surface area contributed by atoms with Gasteiger partial charge in [-0.2, -0.15) is 0 Å². The number of hydrogen-bond donors (Lipinski definition) is 2. The van der Waals surface area contributed by atoms with Gasteiger partial charge in [0.25, 0.3) is 5.91 Å². The van der Waals surface area contributed by atoms with Gasteiger partial charge >= 0.3 is 0 Å². The molecule has 0 aliphatic heterocycles. The summed E-state index contributed by atoms with van der Waals surface area (Å²) >= 11 is 0. The Morgan fingerprint density at radius 1 is 0.960 bits per heavy atom. The highest BCUT2D eigenvalue weighted by molar-refractivity contribution is 5.80. The molecule has 1 amide bonds. The van der Waals surface area contributed by atoms with Gasteiger partial charge in [0.1, 0.15) is 0 Å². The fourth-order valence-corrected chi connectivity index (χ4v) is 2.33. The standard InChI is InChI=1S/C20H27N3O2/c1-20(2,3)19(24)23(25)14-15-6-8-16(9-7-15)21-17-10-12-18(13-11-17)22(4)5/h6-13,21,25H,14H2,1-5H3. The molecule has 0 unspecified atom stereocenters. The van der Waals surface area contributed by atoms with Crippen molar-refractivity contribution in [2.24, 2.45) is 5.41 Å². The SMILES string of the molecule is CN(C)c1ccc(Nc2ccc(CN(O)C(=O)C(C)(C)C)cc2)cc1. The van der Waals surface area contributed by atoms with E-state index in [1.165, 1.54) is 0 Å². The molecular formula is C20H27N3O2. The summed E-state index contributed by atoms with van der Waals surface area (Å²) in [5.74, 6) is -0.296. The molecule has 0 heterocycles. The van der Waals surface area contributed by atoms with E-state index in [9.17, 15) is 10.0 Å². The first-order chi connectivity index (χ1) is 11.7. The van der Waals surface area contributed by atoms with Crippen molar-refractivity contribution in [3.63, 3.8) is 0 Å². The molecule has 0 aromatic heterocycles. The molecule has 0 atom stereocenters. The molecule has 0 saturated heterocycles. The summed E-state index contributed by atoms with van der Waals surface area (Å²) in [5.41, 5.74) is 3.37. The van der Waals surface area contributed by atoms with Crippen molar-refractivity contribution in [1.29, 1.82) is 0 Å². The van der Waals surface area contributed by atoms with Gasteiger partial charge in [-0.05, 0) is 42.0 Å². The Bertz CT molecular complexity index is 701. The minimum absolute atomic E-state index is 0.175. The van der Waals surface area contributed by atoms with Crippen LogP contribution in [0.2, 0.25) is 0 Å². The second-order valence-electron chi connectivity index (χ2n) is 7.38. The monoisotopic (exact) mass is 341 g/mol. The van der Waals surface area contributed by atoms with E-state index < -0.39 is 5.41 Å². The van der Waals surface area contributed by atoms with Gasteiger partial charge in [-0.15, -0.1) is 0 Å². The van der Waals surface area contributed by atoms with Gasteiger partial charge in [0.05, 0.1) is 6.54 Å². The number of hydroxylamine groups is 2. The van der Waals surface area contributed by atoms with Crippen molar-refractivity contribution in [3.8, 4) is 0 Å². The Morgan fingerprint density at radius 2 is 1.44 bits per heavy atom. The van der Waals surface area contributed by atoms with Gasteiger partial charge < -0.3 is 10.2 Å². The zero-order chi connectivity index (χ0) is 18.6. The van der Waals surface area contributed by atoms with Crippen molar-refractivity contribution < 1.29 is 10.0 Å². The second-order valence-corrected chi connectivity index (χ2v) is 7.38. The Labute approximate surface area is 149 Å². The molecule has 2 aromatic carbocycles. The zero-order valence-corrected chi connectivity index (χ0v) is 15.6. The molecule has 0 aliphatic carbocycles. The third-order valence-corrected chi connectivity index (χ3v) is 3.83. The van der Waals surface area contributed by atoms with E-state index in [0.29, 0.717) is 0 Å². The zero-order valence-electron chi connectivity index (χ0n) is 15.6. The number of nitrogens with one attached hydrogen (secondary N) is 1. The molecule has 0 radical (unpaired) electrons. The van der Waals surface area contributed by atoms with E-state index >= 15 is 0 Å². The molecule has 0 spiro atoms. The lowest BCUT2D eigenvalue weighted by atomic mass is 9.95. The Hall–Kier alpha value is -2.53. The van der Waals surface area contributed by atoms with Crippen molar-refractivity contribution in [2.75, 3.05) is 24.3 Å². The highest BCUT2D eigenvalue weighted by Crippen LogP contribution is 2.22. The molecular weight excluding hydrogens is 314 g/mol. The molecule has 2 N–H and O–H groups in total. The fourth-order valence-electron chi connectivity index (χ4n) is 2.33. The summed E-state index contributed by atoms with van der Waals surface area (Å²) < 4.78 is 0. The summed E-state index contributed by atoms with van der Waals surface area (Å²) in [4.78, 5) is 14.1. The van der Waals surface area contributed by atoms with Crippen LogP contribution in [0.3, 0.4) is 0 Å². The van der Waals surface area contributed by atoms with Crippen LogP contribution in [-0.2, 0) is 11.3 Å². The molecule has 0 bridgehead atoms. The Morgan fingerprint density at radius 3 is 1.88 bits per heavy atom. The smallest absolute Gasteiger partial charge is 0.251 e. The largest absolute Gasteiger partial charge is 0.378 e. The minimum atomic E-state index is -0.602. The summed E-state index contributed by atoms with van der Waals surface area (Å²) in [6, 6.07) is 15.8. The lowest BCUT2D eigenvalue weighted by Crippen LogP contribution is -2.36. The summed E-state index contributed by atoms with van der Waals surface area (Å²) in [6.45, 7) is 5.53. The van der Waals surface area contributed by atoms with Gasteiger partial charge in [0.2, 0.25) is 0 Å². The van der Waals surface area contributed by atoms with E-state index in [0.717, 1.165) is 27.7 Å². The predicted octanol–water partition coefficient (Wildman–Crippen LogP) is 4.26. The molecule has 2 aromatic rings. The predicted molar refractivity (Wildman–Crippen MR) is 102 cm³/mol. The normalized spacial score (nSPS) is 11.1. The van der Waals surface area contributed by atoms with Crippen molar-refractivity contribution >= 4 is 23.0 Å². The van der Waals surface area contributed by atoms with Crippen LogP contribution < -0.4 is 10.2 Å². The van der Waals surface area contributed by atoms with E-state index in [1.54, 1.807) is 20.8 Å². The Kier molecular flexibility index (Phi) is 5.69. The summed E-state index contributed by atoms with van der Waals surface area (Å²) in [7, 11) is 4.02. The van der Waals surface area contributed by atoms with Gasteiger partial charge in [-0.25, -0.2) is 5.06 Å². The highest BCUT2D eigenvalue weighted by atomic mass is 16.5. The molecule has 0 fully saturated rings. The van der Waals surface area contributed by atoms with Crippen LogP contribution in [0.25, 0.3) is 0 Å². The van der Waals surface area contributed by atoms with E-state index in [2.05, 4.69) is 22.3 Å². The van der Waals surface area contributed by atoms with Crippen LogP contribution in [0.1, 0.15) is 26.3 Å². The maximum absolute atomic E-state index is 12.0. The van der Waals surface area contributed by atoms with E-state index in [4.69, 9.17) is 0 Å². The van der Waals surface area contributed by atoms with E-state index in [1.807, 2.05) is 50.5 Å². The van der Waals surface area contributed by atoms with Crippen LogP contribution in [0.15, 0.2) is 48.5 Å². The Balaban J connectivity index is 1.99. The number of carbonyl (C=O) groups excluding carboxylic acids is 1. The molecule has 5 nitrogen and oxygen atoms in total. The van der Waals surface area contributed by atoms with Gasteiger partial charge in [0, 0.05) is 36.6 Å². The first kappa shape index (κ1) is 18.8. The number of amides is 1. The molecule has 134 valence electrons. The molecule has 25 heavy (non-hydrogen) atoms. The number of carbonyl (C=O) groups is 1. The first-order valence-corrected chi connectivity index (χ1v) is 8.31. The molecule has 2 rings (SSSR count). The lowest BCUT2D eigenvalue weighted by Gasteiger charge is -2.24. The van der Waals surface area contributed by atoms with Crippen molar-refractivity contribution in [2.45, 2.75) is 27.3 Å². The number of benzene rings is 2. The molecule has 0 aliphatic rings. The number of anilines is 3. The van der Waals surface area contributed by atoms with Gasteiger partial charge in [-0.1, -0.05) is 32.9 Å². The average molecular weight is 341 g/mol. The molecule has 5 heteroatoms. The summed E-state index contributed by atoms with van der Waals surface area (Å²) in [6.07, 6.45) is 0. The van der Waals surface area contributed by atoms with Crippen molar-refractivity contribution in [3.05, 3.63) is 54.1 Å². The van der Waals surface area contributed by atoms with Crippen LogP contribution >= 0.6 is 0 Å². The number of rotatable bonds is 5. The maximum atomic E-state index is 12.0. The fraction of sp³-hybridized carbons (Fsp3) is 0.350. The highest BCUT2D eigenvalue weighted by Gasteiger charge is 2.26. The van der Waals surface area contributed by atoms with Crippen LogP contribution in [0.5, 0.6) is 0 Å².